The van der Waals surface area contributed by atoms with Crippen molar-refractivity contribution in [3.8, 4) is 11.8 Å². The van der Waals surface area contributed by atoms with E-state index in [9.17, 15) is 27.6 Å². The summed E-state index contributed by atoms with van der Waals surface area (Å²) >= 11 is 0. The van der Waals surface area contributed by atoms with Crippen molar-refractivity contribution in [1.82, 2.24) is 4.98 Å². The second kappa shape index (κ2) is 6.79. The molecule has 32 heavy (non-hydrogen) atoms. The lowest BCUT2D eigenvalue weighted by atomic mass is 9.76. The maximum Gasteiger partial charge on any atom is 0.418 e. The van der Waals surface area contributed by atoms with Gasteiger partial charge in [-0.25, -0.2) is 4.39 Å². The Kier molecular flexibility index (Phi) is 4.24. The molecule has 3 heterocycles. The minimum absolute atomic E-state index is 0.125. The van der Waals surface area contributed by atoms with E-state index in [-0.39, 0.29) is 23.6 Å². The summed E-state index contributed by atoms with van der Waals surface area (Å²) in [5.74, 6) is -1.17. The first-order valence-electron chi connectivity index (χ1n) is 9.57. The summed E-state index contributed by atoms with van der Waals surface area (Å²) < 4.78 is 60.2. The molecule has 1 spiro atoms. The Balaban J connectivity index is 1.66. The lowest BCUT2D eigenvalue weighted by Crippen LogP contribution is -2.42. The van der Waals surface area contributed by atoms with Crippen molar-refractivity contribution in [3.63, 3.8) is 0 Å². The molecular formula is C23H13F4N3O2. The molecular weight excluding hydrogens is 426 g/mol. The lowest BCUT2D eigenvalue weighted by Gasteiger charge is -2.24. The third-order valence-corrected chi connectivity index (χ3v) is 5.86. The minimum Gasteiger partial charge on any atom is -0.491 e. The second-order valence-corrected chi connectivity index (χ2v) is 7.54. The maximum atomic E-state index is 14.1. The smallest absolute Gasteiger partial charge is 0.418 e. The third kappa shape index (κ3) is 2.69. The molecule has 0 aliphatic carbocycles. The zero-order valence-corrected chi connectivity index (χ0v) is 16.3. The Morgan fingerprint density at radius 2 is 1.94 bits per heavy atom. The molecule has 1 unspecified atom stereocenters. The van der Waals surface area contributed by atoms with Gasteiger partial charge in [0.25, 0.3) is 0 Å². The number of anilines is 1. The van der Waals surface area contributed by atoms with Crippen LogP contribution in [0.3, 0.4) is 0 Å². The number of benzene rings is 2. The van der Waals surface area contributed by atoms with Crippen molar-refractivity contribution in [2.45, 2.75) is 18.1 Å². The van der Waals surface area contributed by atoms with E-state index in [0.717, 1.165) is 12.1 Å². The van der Waals surface area contributed by atoms with Crippen LogP contribution in [0, 0.1) is 17.1 Å². The van der Waals surface area contributed by atoms with E-state index >= 15 is 0 Å². The summed E-state index contributed by atoms with van der Waals surface area (Å²) in [7, 11) is 0. The van der Waals surface area contributed by atoms with Crippen LogP contribution in [-0.4, -0.2) is 17.5 Å². The number of halogens is 4. The van der Waals surface area contributed by atoms with Crippen molar-refractivity contribution in [2.24, 2.45) is 0 Å². The number of nitrogens with zero attached hydrogens (tertiary/aromatic N) is 3. The zero-order chi connectivity index (χ0) is 22.7. The number of alkyl halides is 3. The van der Waals surface area contributed by atoms with Gasteiger partial charge in [-0.05, 0) is 29.8 Å². The quantitative estimate of drug-likeness (QED) is 0.558. The Labute approximate surface area is 179 Å². The van der Waals surface area contributed by atoms with Crippen LogP contribution in [0.1, 0.15) is 27.9 Å². The first-order valence-corrected chi connectivity index (χ1v) is 9.57. The summed E-state index contributed by atoms with van der Waals surface area (Å²) in [5, 5.41) is 9.25. The number of amides is 1. The SMILES string of the molecule is N#Cc1cc2c(cc1F)OCC21C(=O)N(Cc2ncccc2C(F)(F)F)c2ccccc21. The van der Waals surface area contributed by atoms with Gasteiger partial charge in [0.1, 0.15) is 29.7 Å². The van der Waals surface area contributed by atoms with Crippen molar-refractivity contribution in [3.05, 3.63) is 88.5 Å². The molecule has 5 rings (SSSR count). The van der Waals surface area contributed by atoms with E-state index in [2.05, 4.69) is 4.98 Å². The molecule has 5 nitrogen and oxygen atoms in total. The van der Waals surface area contributed by atoms with Gasteiger partial charge in [-0.2, -0.15) is 18.4 Å². The van der Waals surface area contributed by atoms with Gasteiger partial charge in [-0.1, -0.05) is 18.2 Å². The number of hydrogen-bond acceptors (Lipinski definition) is 4. The largest absolute Gasteiger partial charge is 0.491 e. The van der Waals surface area contributed by atoms with Crippen LogP contribution in [0.2, 0.25) is 0 Å². The summed E-state index contributed by atoms with van der Waals surface area (Å²) in [6.07, 6.45) is -3.39. The number of carbonyl (C=O) groups excluding carboxylic acids is 1. The van der Waals surface area contributed by atoms with Crippen LogP contribution in [0.4, 0.5) is 23.2 Å². The van der Waals surface area contributed by atoms with Crippen molar-refractivity contribution in [2.75, 3.05) is 11.5 Å². The molecule has 1 atom stereocenters. The van der Waals surface area contributed by atoms with E-state index < -0.39 is 35.4 Å². The predicted molar refractivity (Wildman–Crippen MR) is 104 cm³/mol. The molecule has 2 aliphatic heterocycles. The second-order valence-electron chi connectivity index (χ2n) is 7.54. The van der Waals surface area contributed by atoms with Gasteiger partial charge in [0, 0.05) is 23.5 Å². The monoisotopic (exact) mass is 439 g/mol. The summed E-state index contributed by atoms with van der Waals surface area (Å²) in [4.78, 5) is 18.9. The van der Waals surface area contributed by atoms with Crippen molar-refractivity contribution in [1.29, 1.82) is 5.26 Å². The van der Waals surface area contributed by atoms with Gasteiger partial charge in [0.15, 0.2) is 0 Å². The Hall–Kier alpha value is -3.93. The Morgan fingerprint density at radius 3 is 2.69 bits per heavy atom. The van der Waals surface area contributed by atoms with Crippen LogP contribution in [0.5, 0.6) is 5.75 Å². The Bertz CT molecular complexity index is 1320. The number of fused-ring (bicyclic) bond motifs is 4. The van der Waals surface area contributed by atoms with E-state index in [1.165, 1.54) is 23.2 Å². The number of rotatable bonds is 2. The minimum atomic E-state index is -4.63. The number of aromatic nitrogens is 1. The molecule has 3 aromatic rings. The first-order chi connectivity index (χ1) is 15.3. The normalized spacial score (nSPS) is 19.0. The van der Waals surface area contributed by atoms with Gasteiger partial charge in [0.05, 0.1) is 23.4 Å². The van der Waals surface area contributed by atoms with Gasteiger partial charge >= 0.3 is 6.18 Å². The molecule has 0 bridgehead atoms. The number of ether oxygens (including phenoxy) is 1. The number of carbonyl (C=O) groups is 1. The summed E-state index contributed by atoms with van der Waals surface area (Å²) in [6, 6.07) is 12.9. The van der Waals surface area contributed by atoms with Crippen LogP contribution < -0.4 is 9.64 Å². The number of para-hydroxylation sites is 1. The average molecular weight is 439 g/mol. The van der Waals surface area contributed by atoms with Crippen LogP contribution in [-0.2, 0) is 22.9 Å². The number of hydrogen-bond donors (Lipinski definition) is 0. The molecule has 160 valence electrons. The standard InChI is InChI=1S/C23H13F4N3O2/c24-17-9-20-16(8-13(17)10-28)22(12-32-20)15-4-1-2-6-19(15)30(21(22)31)11-18-14(23(25,26)27)5-3-7-29-18/h1-9H,11-12H2. The highest BCUT2D eigenvalue weighted by Gasteiger charge is 2.57. The third-order valence-electron chi connectivity index (χ3n) is 5.86. The van der Waals surface area contributed by atoms with E-state index in [4.69, 9.17) is 4.74 Å². The van der Waals surface area contributed by atoms with Gasteiger partial charge in [-0.15, -0.1) is 0 Å². The van der Waals surface area contributed by atoms with E-state index in [1.807, 2.05) is 0 Å². The van der Waals surface area contributed by atoms with Gasteiger partial charge in [0.2, 0.25) is 5.91 Å². The van der Waals surface area contributed by atoms with Crippen LogP contribution in [0.15, 0.2) is 54.7 Å². The summed E-state index contributed by atoms with van der Waals surface area (Å²) in [5.41, 5.74) is -1.62. The topological polar surface area (TPSA) is 66.2 Å². The van der Waals surface area contributed by atoms with Crippen molar-refractivity contribution < 1.29 is 27.1 Å². The molecule has 0 fully saturated rings. The summed E-state index contributed by atoms with van der Waals surface area (Å²) in [6.45, 7) is -0.563. The zero-order valence-electron chi connectivity index (χ0n) is 16.3. The molecule has 2 aliphatic rings. The molecule has 0 radical (unpaired) electrons. The van der Waals surface area contributed by atoms with Crippen molar-refractivity contribution >= 4 is 11.6 Å². The molecule has 2 aromatic carbocycles. The lowest BCUT2D eigenvalue weighted by molar-refractivity contribution is -0.138. The number of nitriles is 1. The average Bonchev–Trinajstić information content (AvgIpc) is 3.25. The fourth-order valence-electron chi connectivity index (χ4n) is 4.41. The molecule has 0 saturated heterocycles. The van der Waals surface area contributed by atoms with E-state index in [0.29, 0.717) is 16.8 Å². The van der Waals surface area contributed by atoms with Crippen LogP contribution in [0.25, 0.3) is 0 Å². The van der Waals surface area contributed by atoms with Gasteiger partial charge < -0.3 is 9.64 Å². The highest BCUT2D eigenvalue weighted by atomic mass is 19.4. The molecule has 1 amide bonds. The molecule has 9 heteroatoms. The fourth-order valence-corrected chi connectivity index (χ4v) is 4.41. The highest BCUT2D eigenvalue weighted by Crippen LogP contribution is 2.53. The maximum absolute atomic E-state index is 14.1. The Morgan fingerprint density at radius 1 is 1.16 bits per heavy atom. The van der Waals surface area contributed by atoms with Gasteiger partial charge in [-0.3, -0.25) is 9.78 Å². The molecule has 0 N–H and O–H groups in total. The fraction of sp³-hybridized carbons (Fsp3) is 0.174. The highest BCUT2D eigenvalue weighted by molar-refractivity contribution is 6.11. The van der Waals surface area contributed by atoms with E-state index in [1.54, 1.807) is 30.3 Å². The van der Waals surface area contributed by atoms with Crippen LogP contribution >= 0.6 is 0 Å². The molecule has 0 saturated carbocycles. The number of pyridine rings is 1. The molecule has 1 aromatic heterocycles. The first kappa shape index (κ1) is 20.0. The predicted octanol–water partition coefficient (Wildman–Crippen LogP) is 4.34.